The van der Waals surface area contributed by atoms with Crippen LogP contribution in [0.2, 0.25) is 0 Å². The van der Waals surface area contributed by atoms with Gasteiger partial charge in [-0.2, -0.15) is 0 Å². The smallest absolute Gasteiger partial charge is 0.122 e. The maximum absolute atomic E-state index is 6.28. The topological polar surface area (TPSA) is 9.23 Å². The lowest BCUT2D eigenvalue weighted by atomic mass is 9.74. The molecule has 0 aromatic heterocycles. The molecular formula is C16H20O. The predicted molar refractivity (Wildman–Crippen MR) is 68.0 cm³/mol. The lowest BCUT2D eigenvalue weighted by molar-refractivity contribution is 0.0422. The maximum atomic E-state index is 6.28. The van der Waals surface area contributed by atoms with Crippen LogP contribution in [0.15, 0.2) is 24.3 Å². The lowest BCUT2D eigenvalue weighted by Gasteiger charge is -2.39. The molecule has 1 heteroatoms. The van der Waals surface area contributed by atoms with Gasteiger partial charge in [-0.25, -0.2) is 0 Å². The van der Waals surface area contributed by atoms with Crippen LogP contribution in [0.3, 0.4) is 0 Å². The molecule has 1 heterocycles. The zero-order chi connectivity index (χ0) is 11.4. The SMILES string of the molecule is CCC1CC2CC1C1Cc3ccccc3OC21. The van der Waals surface area contributed by atoms with Crippen molar-refractivity contribution >= 4 is 0 Å². The van der Waals surface area contributed by atoms with Crippen molar-refractivity contribution < 1.29 is 4.74 Å². The van der Waals surface area contributed by atoms with Gasteiger partial charge < -0.3 is 4.74 Å². The van der Waals surface area contributed by atoms with Crippen LogP contribution in [0.1, 0.15) is 31.7 Å². The Kier molecular flexibility index (Phi) is 2.06. The Hall–Kier alpha value is -0.980. The minimum absolute atomic E-state index is 0.540. The third-order valence-electron chi connectivity index (χ3n) is 5.44. The summed E-state index contributed by atoms with van der Waals surface area (Å²) in [6, 6.07) is 8.64. The van der Waals surface area contributed by atoms with E-state index in [1.807, 2.05) is 0 Å². The molecule has 0 saturated heterocycles. The Morgan fingerprint density at radius 2 is 2.06 bits per heavy atom. The largest absolute Gasteiger partial charge is 0.490 e. The number of hydrogen-bond acceptors (Lipinski definition) is 1. The Labute approximate surface area is 103 Å². The molecule has 1 aliphatic heterocycles. The van der Waals surface area contributed by atoms with E-state index in [4.69, 9.17) is 4.74 Å². The monoisotopic (exact) mass is 228 g/mol. The van der Waals surface area contributed by atoms with Gasteiger partial charge in [0.15, 0.2) is 0 Å². The highest BCUT2D eigenvalue weighted by molar-refractivity contribution is 5.36. The first-order chi connectivity index (χ1) is 8.36. The van der Waals surface area contributed by atoms with Crippen molar-refractivity contribution in [2.24, 2.45) is 23.7 Å². The van der Waals surface area contributed by atoms with Crippen molar-refractivity contribution in [1.29, 1.82) is 0 Å². The molecule has 2 saturated carbocycles. The molecule has 5 atom stereocenters. The van der Waals surface area contributed by atoms with E-state index < -0.39 is 0 Å². The molecule has 2 fully saturated rings. The summed E-state index contributed by atoms with van der Waals surface area (Å²) in [5, 5.41) is 0. The van der Waals surface area contributed by atoms with Gasteiger partial charge in [0.25, 0.3) is 0 Å². The molecule has 2 bridgehead atoms. The summed E-state index contributed by atoms with van der Waals surface area (Å²) >= 11 is 0. The highest BCUT2D eigenvalue weighted by Crippen LogP contribution is 2.56. The molecule has 2 aliphatic carbocycles. The van der Waals surface area contributed by atoms with Gasteiger partial charge in [-0.05, 0) is 48.6 Å². The highest BCUT2D eigenvalue weighted by Gasteiger charge is 2.54. The van der Waals surface area contributed by atoms with E-state index in [1.165, 1.54) is 31.2 Å². The Morgan fingerprint density at radius 1 is 1.18 bits per heavy atom. The zero-order valence-electron chi connectivity index (χ0n) is 10.4. The Balaban J connectivity index is 1.68. The Bertz CT molecular complexity index is 439. The number of benzene rings is 1. The van der Waals surface area contributed by atoms with Gasteiger partial charge in [-0.15, -0.1) is 0 Å². The van der Waals surface area contributed by atoms with Gasteiger partial charge in [0.2, 0.25) is 0 Å². The average molecular weight is 228 g/mol. The van der Waals surface area contributed by atoms with Crippen LogP contribution >= 0.6 is 0 Å². The van der Waals surface area contributed by atoms with Crippen molar-refractivity contribution in [3.8, 4) is 5.75 Å². The molecule has 5 unspecified atom stereocenters. The van der Waals surface area contributed by atoms with Crippen molar-refractivity contribution in [2.75, 3.05) is 0 Å². The van der Waals surface area contributed by atoms with Gasteiger partial charge >= 0.3 is 0 Å². The molecule has 1 nitrogen and oxygen atoms in total. The van der Waals surface area contributed by atoms with E-state index in [2.05, 4.69) is 31.2 Å². The lowest BCUT2D eigenvalue weighted by Crippen LogP contribution is -2.40. The number of fused-ring (bicyclic) bond motifs is 6. The van der Waals surface area contributed by atoms with Crippen LogP contribution in [0.4, 0.5) is 0 Å². The number of para-hydroxylation sites is 1. The first-order valence-electron chi connectivity index (χ1n) is 7.11. The van der Waals surface area contributed by atoms with E-state index in [9.17, 15) is 0 Å². The van der Waals surface area contributed by atoms with E-state index >= 15 is 0 Å². The number of rotatable bonds is 1. The van der Waals surface area contributed by atoms with Crippen molar-refractivity contribution in [3.05, 3.63) is 29.8 Å². The minimum Gasteiger partial charge on any atom is -0.490 e. The summed E-state index contributed by atoms with van der Waals surface area (Å²) in [4.78, 5) is 0. The summed E-state index contributed by atoms with van der Waals surface area (Å²) in [6.07, 6.45) is 6.02. The average Bonchev–Trinajstić information content (AvgIpc) is 2.94. The fraction of sp³-hybridized carbons (Fsp3) is 0.625. The molecule has 0 N–H and O–H groups in total. The fourth-order valence-corrected chi connectivity index (χ4v) is 4.70. The summed E-state index contributed by atoms with van der Waals surface area (Å²) < 4.78 is 6.28. The number of hydrogen-bond donors (Lipinski definition) is 0. The molecule has 17 heavy (non-hydrogen) atoms. The zero-order valence-corrected chi connectivity index (χ0v) is 10.4. The molecule has 1 aromatic rings. The summed E-state index contributed by atoms with van der Waals surface area (Å²) in [7, 11) is 0. The van der Waals surface area contributed by atoms with Gasteiger partial charge in [-0.1, -0.05) is 31.5 Å². The molecular weight excluding hydrogens is 208 g/mol. The Morgan fingerprint density at radius 3 is 2.94 bits per heavy atom. The van der Waals surface area contributed by atoms with E-state index in [0.29, 0.717) is 6.10 Å². The number of ether oxygens (including phenoxy) is 1. The van der Waals surface area contributed by atoms with Gasteiger partial charge in [-0.3, -0.25) is 0 Å². The maximum Gasteiger partial charge on any atom is 0.122 e. The normalized spacial score (nSPS) is 41.8. The third-order valence-corrected chi connectivity index (χ3v) is 5.44. The molecule has 0 spiro atoms. The van der Waals surface area contributed by atoms with Crippen LogP contribution in [-0.2, 0) is 6.42 Å². The van der Waals surface area contributed by atoms with Crippen LogP contribution in [0, 0.1) is 23.7 Å². The third kappa shape index (κ3) is 1.31. The minimum atomic E-state index is 0.540. The van der Waals surface area contributed by atoms with Gasteiger partial charge in [0.1, 0.15) is 11.9 Å². The molecule has 4 rings (SSSR count). The second-order valence-electron chi connectivity index (χ2n) is 6.12. The second-order valence-corrected chi connectivity index (χ2v) is 6.12. The van der Waals surface area contributed by atoms with Crippen molar-refractivity contribution in [3.63, 3.8) is 0 Å². The van der Waals surface area contributed by atoms with E-state index in [1.54, 1.807) is 0 Å². The molecule has 0 radical (unpaired) electrons. The first-order valence-corrected chi connectivity index (χ1v) is 7.11. The van der Waals surface area contributed by atoms with Crippen LogP contribution in [0.25, 0.3) is 0 Å². The molecule has 3 aliphatic rings. The van der Waals surface area contributed by atoms with Crippen molar-refractivity contribution in [1.82, 2.24) is 0 Å². The second kappa shape index (κ2) is 3.51. The quantitative estimate of drug-likeness (QED) is 0.712. The molecule has 0 amide bonds. The highest BCUT2D eigenvalue weighted by atomic mass is 16.5. The van der Waals surface area contributed by atoms with Crippen molar-refractivity contribution in [2.45, 2.75) is 38.7 Å². The van der Waals surface area contributed by atoms with Crippen LogP contribution < -0.4 is 4.74 Å². The van der Waals surface area contributed by atoms with E-state index in [0.717, 1.165) is 29.4 Å². The van der Waals surface area contributed by atoms with Gasteiger partial charge in [0, 0.05) is 5.92 Å². The summed E-state index contributed by atoms with van der Waals surface area (Å²) in [5.74, 6) is 4.75. The standard InChI is InChI=1S/C16H20O/c1-2-10-7-12-9-13(10)14-8-11-5-3-4-6-15(11)17-16(12)14/h3-6,10,12-14,16H,2,7-9H2,1H3. The predicted octanol–water partition coefficient (Wildman–Crippen LogP) is 3.67. The summed E-state index contributed by atoms with van der Waals surface area (Å²) in [6.45, 7) is 2.36. The summed E-state index contributed by atoms with van der Waals surface area (Å²) in [5.41, 5.74) is 1.44. The van der Waals surface area contributed by atoms with Crippen LogP contribution in [-0.4, -0.2) is 6.10 Å². The van der Waals surface area contributed by atoms with Crippen LogP contribution in [0.5, 0.6) is 5.75 Å². The first kappa shape index (κ1) is 9.99. The molecule has 1 aromatic carbocycles. The van der Waals surface area contributed by atoms with E-state index in [-0.39, 0.29) is 0 Å². The molecule has 90 valence electrons. The van der Waals surface area contributed by atoms with Gasteiger partial charge in [0.05, 0.1) is 0 Å². The fourth-order valence-electron chi connectivity index (χ4n) is 4.70.